The number of benzene rings is 1. The molecule has 2 amide bonds. The fourth-order valence-electron chi connectivity index (χ4n) is 2.57. The van der Waals surface area contributed by atoms with Gasteiger partial charge in [0.05, 0.1) is 10.7 Å². The number of urea groups is 1. The standard InChI is InChI=1S/C15H19ClN2O3/c1-10-5-6-12(11(16)9-10)17-14(21)18-8-4-3-7-15(18,2)13(19)20/h5-6,9H,3-4,7-8H2,1-2H3,(H,17,21)(H,19,20). The van der Waals surface area contributed by atoms with Gasteiger partial charge in [-0.1, -0.05) is 17.7 Å². The number of piperidine rings is 1. The topological polar surface area (TPSA) is 69.6 Å². The van der Waals surface area contributed by atoms with E-state index in [9.17, 15) is 14.7 Å². The van der Waals surface area contributed by atoms with Gasteiger partial charge in [-0.15, -0.1) is 0 Å². The van der Waals surface area contributed by atoms with Crippen molar-refractivity contribution in [3.05, 3.63) is 28.8 Å². The highest BCUT2D eigenvalue weighted by atomic mass is 35.5. The fourth-order valence-corrected chi connectivity index (χ4v) is 2.86. The number of anilines is 1. The van der Waals surface area contributed by atoms with Crippen LogP contribution in [0.3, 0.4) is 0 Å². The smallest absolute Gasteiger partial charge is 0.329 e. The largest absolute Gasteiger partial charge is 0.480 e. The van der Waals surface area contributed by atoms with Crippen LogP contribution in [0.5, 0.6) is 0 Å². The van der Waals surface area contributed by atoms with Crippen LogP contribution in [0.1, 0.15) is 31.7 Å². The van der Waals surface area contributed by atoms with Crippen LogP contribution in [0, 0.1) is 6.92 Å². The molecule has 1 unspecified atom stereocenters. The van der Waals surface area contributed by atoms with Gasteiger partial charge in [0.1, 0.15) is 5.54 Å². The first-order valence-corrected chi connectivity index (χ1v) is 7.30. The maximum absolute atomic E-state index is 12.4. The lowest BCUT2D eigenvalue weighted by atomic mass is 9.89. The van der Waals surface area contributed by atoms with E-state index < -0.39 is 17.5 Å². The van der Waals surface area contributed by atoms with Gasteiger partial charge in [0, 0.05) is 6.54 Å². The molecule has 0 radical (unpaired) electrons. The molecule has 0 aliphatic carbocycles. The number of halogens is 1. The predicted octanol–water partition coefficient (Wildman–Crippen LogP) is 3.51. The number of carbonyl (C=O) groups excluding carboxylic acids is 1. The zero-order chi connectivity index (χ0) is 15.6. The monoisotopic (exact) mass is 310 g/mol. The van der Waals surface area contributed by atoms with Gasteiger partial charge in [-0.25, -0.2) is 9.59 Å². The summed E-state index contributed by atoms with van der Waals surface area (Å²) in [6.07, 6.45) is 2.06. The molecule has 0 bridgehead atoms. The highest BCUT2D eigenvalue weighted by Crippen LogP contribution is 2.30. The number of rotatable bonds is 2. The summed E-state index contributed by atoms with van der Waals surface area (Å²) in [6.45, 7) is 3.92. The normalized spacial score (nSPS) is 22.0. The molecule has 1 aliphatic rings. The molecule has 0 saturated carbocycles. The van der Waals surface area contributed by atoms with Crippen LogP contribution >= 0.6 is 11.6 Å². The molecular weight excluding hydrogens is 292 g/mol. The second-order valence-electron chi connectivity index (χ2n) is 5.60. The number of amides is 2. The Morgan fingerprint density at radius 2 is 2.10 bits per heavy atom. The van der Waals surface area contributed by atoms with E-state index in [-0.39, 0.29) is 0 Å². The molecule has 0 aromatic heterocycles. The zero-order valence-corrected chi connectivity index (χ0v) is 12.9. The molecule has 0 spiro atoms. The van der Waals surface area contributed by atoms with Gasteiger partial charge in [-0.3, -0.25) is 0 Å². The van der Waals surface area contributed by atoms with Crippen molar-refractivity contribution in [2.75, 3.05) is 11.9 Å². The van der Waals surface area contributed by atoms with Crippen molar-refractivity contribution in [3.8, 4) is 0 Å². The van der Waals surface area contributed by atoms with E-state index in [1.807, 2.05) is 13.0 Å². The number of aliphatic carboxylic acids is 1. The van der Waals surface area contributed by atoms with Gasteiger partial charge in [0.25, 0.3) is 0 Å². The highest BCUT2D eigenvalue weighted by molar-refractivity contribution is 6.33. The quantitative estimate of drug-likeness (QED) is 0.878. The summed E-state index contributed by atoms with van der Waals surface area (Å²) in [5, 5.41) is 12.6. The lowest BCUT2D eigenvalue weighted by molar-refractivity contribution is -0.150. The second kappa shape index (κ2) is 5.93. The molecule has 1 heterocycles. The molecule has 6 heteroatoms. The van der Waals surface area contributed by atoms with Crippen LogP contribution in [-0.4, -0.2) is 34.1 Å². The zero-order valence-electron chi connectivity index (χ0n) is 12.1. The van der Waals surface area contributed by atoms with Gasteiger partial charge in [0.15, 0.2) is 0 Å². The summed E-state index contributed by atoms with van der Waals surface area (Å²) in [5.74, 6) is -0.979. The number of carbonyl (C=O) groups is 2. The summed E-state index contributed by atoms with van der Waals surface area (Å²) < 4.78 is 0. The minimum atomic E-state index is -1.17. The molecule has 1 aromatic rings. The maximum atomic E-state index is 12.4. The number of nitrogens with one attached hydrogen (secondary N) is 1. The van der Waals surface area contributed by atoms with Crippen molar-refractivity contribution in [1.29, 1.82) is 0 Å². The molecule has 1 saturated heterocycles. The van der Waals surface area contributed by atoms with E-state index in [1.165, 1.54) is 4.90 Å². The molecule has 21 heavy (non-hydrogen) atoms. The Balaban J connectivity index is 2.20. The van der Waals surface area contributed by atoms with Crippen molar-refractivity contribution < 1.29 is 14.7 Å². The Morgan fingerprint density at radius 1 is 1.38 bits per heavy atom. The number of aryl methyl sites for hydroxylation is 1. The average molecular weight is 311 g/mol. The van der Waals surface area contributed by atoms with Crippen molar-refractivity contribution in [1.82, 2.24) is 4.90 Å². The molecule has 1 atom stereocenters. The summed E-state index contributed by atoms with van der Waals surface area (Å²) in [5.41, 5.74) is 0.316. The molecular formula is C15H19ClN2O3. The van der Waals surface area contributed by atoms with Crippen LogP contribution in [0.15, 0.2) is 18.2 Å². The van der Waals surface area contributed by atoms with Crippen LogP contribution in [0.2, 0.25) is 5.02 Å². The molecule has 1 aliphatic heterocycles. The van der Waals surface area contributed by atoms with Crippen molar-refractivity contribution in [2.24, 2.45) is 0 Å². The second-order valence-corrected chi connectivity index (χ2v) is 6.01. The third-order valence-corrected chi connectivity index (χ3v) is 4.28. The van der Waals surface area contributed by atoms with Gasteiger partial charge < -0.3 is 15.3 Å². The Morgan fingerprint density at radius 3 is 2.71 bits per heavy atom. The van der Waals surface area contributed by atoms with E-state index >= 15 is 0 Å². The summed E-state index contributed by atoms with van der Waals surface area (Å²) in [4.78, 5) is 25.3. The molecule has 1 aromatic carbocycles. The minimum Gasteiger partial charge on any atom is -0.480 e. The third-order valence-electron chi connectivity index (χ3n) is 3.96. The van der Waals surface area contributed by atoms with Gasteiger partial charge in [-0.05, 0) is 50.8 Å². The first kappa shape index (κ1) is 15.6. The van der Waals surface area contributed by atoms with Gasteiger partial charge >= 0.3 is 12.0 Å². The van der Waals surface area contributed by atoms with Crippen molar-refractivity contribution in [2.45, 2.75) is 38.6 Å². The summed E-state index contributed by atoms with van der Waals surface area (Å²) >= 11 is 6.10. The van der Waals surface area contributed by atoms with Crippen LogP contribution in [0.4, 0.5) is 10.5 Å². The Kier molecular flexibility index (Phi) is 4.42. The number of carboxylic acid groups (broad SMARTS) is 1. The van der Waals surface area contributed by atoms with E-state index in [2.05, 4.69) is 5.32 Å². The fraction of sp³-hybridized carbons (Fsp3) is 0.467. The molecule has 1 fully saturated rings. The summed E-state index contributed by atoms with van der Waals surface area (Å²) in [7, 11) is 0. The number of nitrogens with zero attached hydrogens (tertiary/aromatic N) is 1. The lowest BCUT2D eigenvalue weighted by Gasteiger charge is -2.41. The van der Waals surface area contributed by atoms with Gasteiger partial charge in [0.2, 0.25) is 0 Å². The Bertz CT molecular complexity index is 576. The minimum absolute atomic E-state index is 0.426. The number of hydrogen-bond donors (Lipinski definition) is 2. The van der Waals surface area contributed by atoms with Crippen molar-refractivity contribution >= 4 is 29.3 Å². The number of likely N-dealkylation sites (tertiary alicyclic amines) is 1. The number of hydrogen-bond acceptors (Lipinski definition) is 2. The summed E-state index contributed by atoms with van der Waals surface area (Å²) in [6, 6.07) is 4.89. The molecule has 2 N–H and O–H groups in total. The Hall–Kier alpha value is -1.75. The SMILES string of the molecule is Cc1ccc(NC(=O)N2CCCCC2(C)C(=O)O)c(Cl)c1. The highest BCUT2D eigenvalue weighted by Gasteiger charge is 2.44. The van der Waals surface area contributed by atoms with Crippen LogP contribution in [0.25, 0.3) is 0 Å². The first-order chi connectivity index (χ1) is 9.84. The number of carboxylic acids is 1. The average Bonchev–Trinajstić information content (AvgIpc) is 2.42. The maximum Gasteiger partial charge on any atom is 0.329 e. The van der Waals surface area contributed by atoms with Crippen molar-refractivity contribution in [3.63, 3.8) is 0 Å². The third kappa shape index (κ3) is 3.13. The first-order valence-electron chi connectivity index (χ1n) is 6.93. The van der Waals surface area contributed by atoms with E-state index in [1.54, 1.807) is 19.1 Å². The van der Waals surface area contributed by atoms with Crippen LogP contribution in [-0.2, 0) is 4.79 Å². The lowest BCUT2D eigenvalue weighted by Crippen LogP contribution is -2.58. The van der Waals surface area contributed by atoms with E-state index in [0.717, 1.165) is 18.4 Å². The van der Waals surface area contributed by atoms with Crippen LogP contribution < -0.4 is 5.32 Å². The Labute approximate surface area is 128 Å². The molecule has 2 rings (SSSR count). The molecule has 114 valence electrons. The van der Waals surface area contributed by atoms with Gasteiger partial charge in [-0.2, -0.15) is 0 Å². The van der Waals surface area contributed by atoms with E-state index in [0.29, 0.717) is 23.7 Å². The van der Waals surface area contributed by atoms with E-state index in [4.69, 9.17) is 11.6 Å². The molecule has 5 nitrogen and oxygen atoms in total. The predicted molar refractivity (Wildman–Crippen MR) is 81.8 cm³/mol.